The maximum Gasteiger partial charge on any atom is 0.226 e. The number of guanidine groups is 1. The summed E-state index contributed by atoms with van der Waals surface area (Å²) in [5.41, 5.74) is 3.12. The van der Waals surface area contributed by atoms with E-state index in [9.17, 15) is 0 Å². The number of nitrogens with one attached hydrogen (secondary N) is 2. The highest BCUT2D eigenvalue weighted by molar-refractivity contribution is 14.0. The van der Waals surface area contributed by atoms with Crippen molar-refractivity contribution in [3.8, 4) is 11.5 Å². The van der Waals surface area contributed by atoms with Gasteiger partial charge >= 0.3 is 0 Å². The van der Waals surface area contributed by atoms with Gasteiger partial charge in [-0.2, -0.15) is 0 Å². The molecule has 0 saturated heterocycles. The molecule has 0 amide bonds. The average molecular weight is 440 g/mol. The summed E-state index contributed by atoms with van der Waals surface area (Å²) in [6.45, 7) is 9.95. The summed E-state index contributed by atoms with van der Waals surface area (Å²) >= 11 is 0. The van der Waals surface area contributed by atoms with E-state index in [0.29, 0.717) is 19.0 Å². The molecule has 1 aromatic carbocycles. The van der Waals surface area contributed by atoms with Gasteiger partial charge in [0.25, 0.3) is 0 Å². The van der Waals surface area contributed by atoms with Crippen molar-refractivity contribution in [3.63, 3.8) is 0 Å². The van der Waals surface area contributed by atoms with Crippen molar-refractivity contribution in [2.45, 2.75) is 20.3 Å². The van der Waals surface area contributed by atoms with Gasteiger partial charge in [0.15, 0.2) is 5.96 Å². The maximum absolute atomic E-state index is 5.56. The molecule has 0 aliphatic carbocycles. The minimum Gasteiger partial charge on any atom is -0.444 e. The molecule has 0 bridgehead atoms. The lowest BCUT2D eigenvalue weighted by molar-refractivity contribution is 0.572. The molecule has 1 heterocycles. The van der Waals surface area contributed by atoms with Gasteiger partial charge < -0.3 is 15.1 Å². The van der Waals surface area contributed by atoms with E-state index in [1.807, 2.05) is 19.1 Å². The molecule has 0 aliphatic rings. The van der Waals surface area contributed by atoms with Crippen LogP contribution in [-0.4, -0.2) is 30.6 Å². The second-order valence-electron chi connectivity index (χ2n) is 5.19. The topological polar surface area (TPSA) is 62.5 Å². The van der Waals surface area contributed by atoms with Crippen molar-refractivity contribution in [1.29, 1.82) is 0 Å². The van der Waals surface area contributed by atoms with Gasteiger partial charge in [0.2, 0.25) is 5.89 Å². The van der Waals surface area contributed by atoms with E-state index >= 15 is 0 Å². The van der Waals surface area contributed by atoms with Gasteiger partial charge in [-0.25, -0.2) is 4.98 Å². The number of hydrogen-bond acceptors (Lipinski definition) is 3. The van der Waals surface area contributed by atoms with Gasteiger partial charge in [0.1, 0.15) is 6.26 Å². The second kappa shape index (κ2) is 10.9. The molecule has 2 N–H and O–H groups in total. The van der Waals surface area contributed by atoms with Gasteiger partial charge in [-0.05, 0) is 26.0 Å². The Kier molecular flexibility index (Phi) is 9.14. The molecule has 2 aromatic rings. The normalized spacial score (nSPS) is 10.8. The monoisotopic (exact) mass is 440 g/mol. The molecule has 0 spiro atoms. The Balaban J connectivity index is 0.00000288. The van der Waals surface area contributed by atoms with Crippen molar-refractivity contribution in [2.75, 3.05) is 19.6 Å². The van der Waals surface area contributed by atoms with E-state index in [1.54, 1.807) is 12.3 Å². The molecule has 5 nitrogen and oxygen atoms in total. The van der Waals surface area contributed by atoms with Crippen LogP contribution in [0, 0.1) is 6.92 Å². The Hall–Kier alpha value is -1.83. The molecular weight excluding hydrogens is 415 g/mol. The van der Waals surface area contributed by atoms with E-state index in [2.05, 4.69) is 46.2 Å². The van der Waals surface area contributed by atoms with Crippen LogP contribution in [0.4, 0.5) is 0 Å². The van der Waals surface area contributed by atoms with E-state index in [1.165, 1.54) is 5.56 Å². The van der Waals surface area contributed by atoms with E-state index in [0.717, 1.165) is 30.2 Å². The van der Waals surface area contributed by atoms with E-state index < -0.39 is 0 Å². The lowest BCUT2D eigenvalue weighted by Crippen LogP contribution is -2.37. The summed E-state index contributed by atoms with van der Waals surface area (Å²) in [5, 5.41) is 6.36. The van der Waals surface area contributed by atoms with Crippen LogP contribution < -0.4 is 10.6 Å². The molecule has 0 aliphatic heterocycles. The number of aliphatic imine (C=N–C) groups is 1. The molecule has 0 radical (unpaired) electrons. The summed E-state index contributed by atoms with van der Waals surface area (Å²) in [5.74, 6) is 1.44. The molecule has 24 heavy (non-hydrogen) atoms. The molecule has 0 unspecified atom stereocenters. The molecular formula is C18H25IN4O. The molecule has 2 rings (SSSR count). The predicted molar refractivity (Wildman–Crippen MR) is 110 cm³/mol. The minimum absolute atomic E-state index is 0. The summed E-state index contributed by atoms with van der Waals surface area (Å²) in [4.78, 5) is 9.03. The summed E-state index contributed by atoms with van der Waals surface area (Å²) in [6, 6.07) is 8.14. The second-order valence-corrected chi connectivity index (χ2v) is 5.19. The molecule has 6 heteroatoms. The largest absolute Gasteiger partial charge is 0.444 e. The Morgan fingerprint density at radius 2 is 2.04 bits per heavy atom. The average Bonchev–Trinajstić information content (AvgIpc) is 3.02. The molecule has 130 valence electrons. The smallest absolute Gasteiger partial charge is 0.226 e. The molecule has 1 aromatic heterocycles. The van der Waals surface area contributed by atoms with Crippen LogP contribution in [0.25, 0.3) is 11.5 Å². The lowest BCUT2D eigenvalue weighted by Gasteiger charge is -2.08. The van der Waals surface area contributed by atoms with Gasteiger partial charge in [0.05, 0.1) is 5.69 Å². The number of benzene rings is 1. The number of aromatic nitrogens is 1. The highest BCUT2D eigenvalue weighted by Crippen LogP contribution is 2.19. The van der Waals surface area contributed by atoms with Gasteiger partial charge in [-0.15, -0.1) is 30.6 Å². The van der Waals surface area contributed by atoms with Crippen molar-refractivity contribution < 1.29 is 4.42 Å². The molecule has 0 atom stereocenters. The SMILES string of the molecule is C=CCNC(=NCCc1coc(-c2ccc(C)cc2)n1)NCC.I. The van der Waals surface area contributed by atoms with Crippen molar-refractivity contribution in [2.24, 2.45) is 4.99 Å². The fraction of sp³-hybridized carbons (Fsp3) is 0.333. The number of rotatable bonds is 7. The number of hydrogen-bond donors (Lipinski definition) is 2. The van der Waals surface area contributed by atoms with E-state index in [-0.39, 0.29) is 24.0 Å². The van der Waals surface area contributed by atoms with Crippen molar-refractivity contribution in [3.05, 3.63) is 54.4 Å². The first-order valence-corrected chi connectivity index (χ1v) is 7.87. The van der Waals surface area contributed by atoms with Crippen LogP contribution in [0.2, 0.25) is 0 Å². The van der Waals surface area contributed by atoms with Crippen LogP contribution in [0.3, 0.4) is 0 Å². The van der Waals surface area contributed by atoms with Crippen LogP contribution >= 0.6 is 24.0 Å². The third-order valence-electron chi connectivity index (χ3n) is 3.25. The highest BCUT2D eigenvalue weighted by Gasteiger charge is 2.06. The first kappa shape index (κ1) is 20.2. The Morgan fingerprint density at radius 3 is 2.71 bits per heavy atom. The van der Waals surface area contributed by atoms with Crippen LogP contribution in [-0.2, 0) is 6.42 Å². The third kappa shape index (κ3) is 6.35. The van der Waals surface area contributed by atoms with Crippen molar-refractivity contribution in [1.82, 2.24) is 15.6 Å². The zero-order chi connectivity index (χ0) is 16.5. The summed E-state index contributed by atoms with van der Waals surface area (Å²) in [7, 11) is 0. The zero-order valence-corrected chi connectivity index (χ0v) is 16.5. The quantitative estimate of drug-likeness (QED) is 0.299. The fourth-order valence-corrected chi connectivity index (χ4v) is 2.04. The first-order valence-electron chi connectivity index (χ1n) is 7.87. The number of halogens is 1. The van der Waals surface area contributed by atoms with E-state index in [4.69, 9.17) is 4.42 Å². The van der Waals surface area contributed by atoms with Gasteiger partial charge in [-0.3, -0.25) is 4.99 Å². The first-order chi connectivity index (χ1) is 11.2. The Labute approximate surface area is 160 Å². The lowest BCUT2D eigenvalue weighted by atomic mass is 10.1. The van der Waals surface area contributed by atoms with Crippen molar-refractivity contribution >= 4 is 29.9 Å². The van der Waals surface area contributed by atoms with Gasteiger partial charge in [-0.1, -0.05) is 23.8 Å². The number of oxazole rings is 1. The van der Waals surface area contributed by atoms with Crippen LogP contribution in [0.15, 0.2) is 52.6 Å². The van der Waals surface area contributed by atoms with Crippen LogP contribution in [0.5, 0.6) is 0 Å². The van der Waals surface area contributed by atoms with Crippen LogP contribution in [0.1, 0.15) is 18.2 Å². The van der Waals surface area contributed by atoms with Gasteiger partial charge in [0, 0.05) is 31.6 Å². The zero-order valence-electron chi connectivity index (χ0n) is 14.2. The highest BCUT2D eigenvalue weighted by atomic mass is 127. The molecule has 0 fully saturated rings. The minimum atomic E-state index is 0. The predicted octanol–water partition coefficient (Wildman–Crippen LogP) is 3.55. The number of aryl methyl sites for hydroxylation is 1. The Bertz CT molecular complexity index is 649. The standard InChI is InChI=1S/C18H24N4O.HI/c1-4-11-20-18(19-5-2)21-12-10-16-13-23-17(22-16)15-8-6-14(3)7-9-15;/h4,6-9,13H,1,5,10-12H2,2-3H3,(H2,19,20,21);1H. The summed E-state index contributed by atoms with van der Waals surface area (Å²) in [6.07, 6.45) is 4.24. The maximum atomic E-state index is 5.56. The summed E-state index contributed by atoms with van der Waals surface area (Å²) < 4.78 is 5.56. The number of nitrogens with zero attached hydrogens (tertiary/aromatic N) is 2. The Morgan fingerprint density at radius 1 is 1.29 bits per heavy atom. The fourth-order valence-electron chi connectivity index (χ4n) is 2.04. The molecule has 0 saturated carbocycles. The third-order valence-corrected chi connectivity index (χ3v) is 3.25.